The van der Waals surface area contributed by atoms with Crippen molar-refractivity contribution in [2.75, 3.05) is 7.05 Å². The van der Waals surface area contributed by atoms with E-state index in [-0.39, 0.29) is 6.04 Å². The topological polar surface area (TPSA) is 12.0 Å². The zero-order valence-electron chi connectivity index (χ0n) is 10.7. The molecule has 4 heteroatoms. The second-order valence-corrected chi connectivity index (χ2v) is 4.76. The van der Waals surface area contributed by atoms with Gasteiger partial charge in [-0.15, -0.1) is 0 Å². The molecule has 0 amide bonds. The highest BCUT2D eigenvalue weighted by molar-refractivity contribution is 6.31. The third-order valence-corrected chi connectivity index (χ3v) is 3.60. The molecule has 0 aliphatic rings. The van der Waals surface area contributed by atoms with Gasteiger partial charge >= 0.3 is 0 Å². The molecule has 0 aliphatic carbocycles. The summed E-state index contributed by atoms with van der Waals surface area (Å²) in [5.41, 5.74) is 2.53. The smallest absolute Gasteiger partial charge is 0.159 e. The molecule has 0 aromatic heterocycles. The molecular formula is C15H14ClF2N. The van der Waals surface area contributed by atoms with Gasteiger partial charge in [-0.3, -0.25) is 0 Å². The minimum Gasteiger partial charge on any atom is -0.309 e. The number of nitrogens with one attached hydrogen (secondary N) is 1. The van der Waals surface area contributed by atoms with Crippen LogP contribution in [0.15, 0.2) is 36.4 Å². The Balaban J connectivity index is 2.50. The van der Waals surface area contributed by atoms with Crippen molar-refractivity contribution >= 4 is 11.6 Å². The average Bonchev–Trinajstić information content (AvgIpc) is 2.39. The van der Waals surface area contributed by atoms with Gasteiger partial charge in [-0.05, 0) is 48.9 Å². The van der Waals surface area contributed by atoms with Crippen molar-refractivity contribution in [2.24, 2.45) is 0 Å². The molecule has 1 nitrogen and oxygen atoms in total. The Hall–Kier alpha value is -1.45. The molecule has 0 heterocycles. The molecule has 0 aliphatic heterocycles. The van der Waals surface area contributed by atoms with Crippen molar-refractivity contribution < 1.29 is 8.78 Å². The van der Waals surface area contributed by atoms with Crippen LogP contribution in [0.2, 0.25) is 5.02 Å². The van der Waals surface area contributed by atoms with Gasteiger partial charge in [-0.1, -0.05) is 29.8 Å². The Morgan fingerprint density at radius 2 is 1.84 bits per heavy atom. The van der Waals surface area contributed by atoms with Crippen molar-refractivity contribution in [1.29, 1.82) is 0 Å². The minimum atomic E-state index is -0.850. The van der Waals surface area contributed by atoms with Crippen LogP contribution in [0.4, 0.5) is 8.78 Å². The fourth-order valence-electron chi connectivity index (χ4n) is 2.13. The molecule has 0 spiro atoms. The van der Waals surface area contributed by atoms with Gasteiger partial charge < -0.3 is 5.32 Å². The van der Waals surface area contributed by atoms with Crippen LogP contribution >= 0.6 is 11.6 Å². The van der Waals surface area contributed by atoms with Crippen molar-refractivity contribution in [3.63, 3.8) is 0 Å². The number of rotatable bonds is 3. The number of hydrogen-bond acceptors (Lipinski definition) is 1. The highest BCUT2D eigenvalue weighted by atomic mass is 35.5. The molecule has 2 aromatic rings. The SMILES string of the molecule is CNC(c1ccc(F)c(F)c1)c1cccc(Cl)c1C. The molecule has 0 radical (unpaired) electrons. The lowest BCUT2D eigenvalue weighted by Gasteiger charge is -2.20. The highest BCUT2D eigenvalue weighted by Gasteiger charge is 2.17. The van der Waals surface area contributed by atoms with Crippen LogP contribution in [0.25, 0.3) is 0 Å². The second-order valence-electron chi connectivity index (χ2n) is 4.35. The summed E-state index contributed by atoms with van der Waals surface area (Å²) in [5.74, 6) is -1.70. The Labute approximate surface area is 116 Å². The summed E-state index contributed by atoms with van der Waals surface area (Å²) >= 11 is 6.10. The third-order valence-electron chi connectivity index (χ3n) is 3.19. The summed E-state index contributed by atoms with van der Waals surface area (Å²) in [6.45, 7) is 1.90. The Bertz CT molecular complexity index is 599. The van der Waals surface area contributed by atoms with Crippen LogP contribution in [-0.2, 0) is 0 Å². The summed E-state index contributed by atoms with van der Waals surface area (Å²) in [6.07, 6.45) is 0. The Kier molecular flexibility index (Phi) is 4.17. The molecule has 0 saturated carbocycles. The van der Waals surface area contributed by atoms with Gasteiger partial charge in [0.25, 0.3) is 0 Å². The summed E-state index contributed by atoms with van der Waals surface area (Å²) in [4.78, 5) is 0. The first kappa shape index (κ1) is 14.0. The first-order valence-electron chi connectivity index (χ1n) is 5.92. The third kappa shape index (κ3) is 2.77. The lowest BCUT2D eigenvalue weighted by molar-refractivity contribution is 0.505. The van der Waals surface area contributed by atoms with E-state index in [0.29, 0.717) is 10.6 Å². The zero-order chi connectivity index (χ0) is 14.0. The monoisotopic (exact) mass is 281 g/mol. The van der Waals surface area contributed by atoms with Gasteiger partial charge in [0.05, 0.1) is 6.04 Å². The predicted octanol–water partition coefficient (Wildman–Crippen LogP) is 4.24. The molecule has 0 bridgehead atoms. The molecule has 19 heavy (non-hydrogen) atoms. The average molecular weight is 282 g/mol. The van der Waals surface area contributed by atoms with Crippen LogP contribution in [0.1, 0.15) is 22.7 Å². The number of benzene rings is 2. The van der Waals surface area contributed by atoms with E-state index < -0.39 is 11.6 Å². The van der Waals surface area contributed by atoms with Crippen LogP contribution < -0.4 is 5.32 Å². The molecule has 100 valence electrons. The molecular weight excluding hydrogens is 268 g/mol. The Morgan fingerprint density at radius 1 is 1.11 bits per heavy atom. The minimum absolute atomic E-state index is 0.228. The fraction of sp³-hybridized carbons (Fsp3) is 0.200. The van der Waals surface area contributed by atoms with Crippen molar-refractivity contribution in [3.05, 3.63) is 69.7 Å². The predicted molar refractivity (Wildman–Crippen MR) is 73.4 cm³/mol. The summed E-state index contributed by atoms with van der Waals surface area (Å²) < 4.78 is 26.3. The first-order valence-corrected chi connectivity index (χ1v) is 6.29. The van der Waals surface area contributed by atoms with E-state index in [1.165, 1.54) is 6.07 Å². The lowest BCUT2D eigenvalue weighted by Crippen LogP contribution is -2.19. The first-order chi connectivity index (χ1) is 9.04. The van der Waals surface area contributed by atoms with Crippen LogP contribution in [0, 0.1) is 18.6 Å². The zero-order valence-corrected chi connectivity index (χ0v) is 11.4. The molecule has 1 N–H and O–H groups in total. The standard InChI is InChI=1S/C15H14ClF2N/c1-9-11(4-3-5-12(9)16)15(19-2)10-6-7-13(17)14(18)8-10/h3-8,15,19H,1-2H3. The summed E-state index contributed by atoms with van der Waals surface area (Å²) in [7, 11) is 1.77. The lowest BCUT2D eigenvalue weighted by atomic mass is 9.95. The Morgan fingerprint density at radius 3 is 2.47 bits per heavy atom. The van der Waals surface area contributed by atoms with Crippen molar-refractivity contribution in [2.45, 2.75) is 13.0 Å². The second kappa shape index (κ2) is 5.68. The normalized spacial score (nSPS) is 12.5. The summed E-state index contributed by atoms with van der Waals surface area (Å²) in [6, 6.07) is 9.25. The molecule has 1 atom stereocenters. The van der Waals surface area contributed by atoms with E-state index >= 15 is 0 Å². The largest absolute Gasteiger partial charge is 0.309 e. The summed E-state index contributed by atoms with van der Waals surface area (Å²) in [5, 5.41) is 3.75. The number of halogens is 3. The quantitative estimate of drug-likeness (QED) is 0.887. The highest BCUT2D eigenvalue weighted by Crippen LogP contribution is 2.29. The maximum atomic E-state index is 13.3. The van der Waals surface area contributed by atoms with Gasteiger partial charge in [0.2, 0.25) is 0 Å². The van der Waals surface area contributed by atoms with Crippen LogP contribution in [0.3, 0.4) is 0 Å². The van der Waals surface area contributed by atoms with Crippen LogP contribution in [0.5, 0.6) is 0 Å². The van der Waals surface area contributed by atoms with Crippen molar-refractivity contribution in [3.8, 4) is 0 Å². The number of hydrogen-bond donors (Lipinski definition) is 1. The van der Waals surface area contributed by atoms with E-state index in [1.807, 2.05) is 19.1 Å². The fourth-order valence-corrected chi connectivity index (χ4v) is 2.31. The van der Waals surface area contributed by atoms with Gasteiger partial charge in [0, 0.05) is 5.02 Å². The molecule has 0 saturated heterocycles. The molecule has 2 rings (SSSR count). The molecule has 1 unspecified atom stereocenters. The van der Waals surface area contributed by atoms with Gasteiger partial charge in [0.15, 0.2) is 11.6 Å². The maximum Gasteiger partial charge on any atom is 0.159 e. The van der Waals surface area contributed by atoms with E-state index in [2.05, 4.69) is 5.32 Å². The van der Waals surface area contributed by atoms with Gasteiger partial charge in [-0.2, -0.15) is 0 Å². The van der Waals surface area contributed by atoms with E-state index in [0.717, 1.165) is 17.2 Å². The van der Waals surface area contributed by atoms with Gasteiger partial charge in [-0.25, -0.2) is 8.78 Å². The van der Waals surface area contributed by atoms with E-state index in [1.54, 1.807) is 19.2 Å². The van der Waals surface area contributed by atoms with Crippen LogP contribution in [-0.4, -0.2) is 7.05 Å². The van der Waals surface area contributed by atoms with E-state index in [4.69, 9.17) is 11.6 Å². The van der Waals surface area contributed by atoms with Gasteiger partial charge in [0.1, 0.15) is 0 Å². The maximum absolute atomic E-state index is 13.3. The van der Waals surface area contributed by atoms with E-state index in [9.17, 15) is 8.78 Å². The molecule has 0 fully saturated rings. The van der Waals surface area contributed by atoms with Crippen molar-refractivity contribution in [1.82, 2.24) is 5.32 Å². The molecule has 2 aromatic carbocycles.